The van der Waals surface area contributed by atoms with Crippen molar-refractivity contribution in [1.82, 2.24) is 0 Å². The maximum Gasteiger partial charge on any atom is 0.0910 e. The van der Waals surface area contributed by atoms with Gasteiger partial charge in [-0.2, -0.15) is 0 Å². The van der Waals surface area contributed by atoms with Crippen molar-refractivity contribution in [1.29, 1.82) is 0 Å². The summed E-state index contributed by atoms with van der Waals surface area (Å²) in [7, 11) is 0. The first-order valence-electron chi connectivity index (χ1n) is 9.28. The standard InChI is InChI=1S/C23H32N2/c1-15-9-17(3)21(18(4)10-15)24-13-23(7,8)25(14-24)22-19(5)11-16(2)12-20(22)6/h9-12H,13-14H2,1-8H3. The predicted molar refractivity (Wildman–Crippen MR) is 110 cm³/mol. The van der Waals surface area contributed by atoms with Crippen LogP contribution in [0, 0.1) is 41.5 Å². The molecule has 0 unspecified atom stereocenters. The molecule has 2 aromatic carbocycles. The zero-order valence-corrected chi connectivity index (χ0v) is 17.1. The van der Waals surface area contributed by atoms with E-state index >= 15 is 0 Å². The van der Waals surface area contributed by atoms with Crippen LogP contribution in [0.4, 0.5) is 11.4 Å². The summed E-state index contributed by atoms with van der Waals surface area (Å²) in [6.45, 7) is 20.1. The fourth-order valence-corrected chi connectivity index (χ4v) is 4.76. The highest BCUT2D eigenvalue weighted by atomic mass is 15.4. The molecule has 0 spiro atoms. The van der Waals surface area contributed by atoms with E-state index in [1.807, 2.05) is 0 Å². The van der Waals surface area contributed by atoms with Gasteiger partial charge in [-0.3, -0.25) is 0 Å². The molecule has 0 saturated carbocycles. The minimum absolute atomic E-state index is 0.106. The lowest BCUT2D eigenvalue weighted by Crippen LogP contribution is -2.41. The van der Waals surface area contributed by atoms with Crippen LogP contribution in [-0.2, 0) is 0 Å². The van der Waals surface area contributed by atoms with Gasteiger partial charge in [0.15, 0.2) is 0 Å². The van der Waals surface area contributed by atoms with Crippen LogP contribution in [0.1, 0.15) is 47.2 Å². The third-order valence-electron chi connectivity index (χ3n) is 5.48. The molecule has 0 radical (unpaired) electrons. The summed E-state index contributed by atoms with van der Waals surface area (Å²) in [4.78, 5) is 5.15. The zero-order chi connectivity index (χ0) is 18.5. The number of rotatable bonds is 2. The van der Waals surface area contributed by atoms with Gasteiger partial charge in [-0.15, -0.1) is 0 Å². The van der Waals surface area contributed by atoms with Crippen molar-refractivity contribution in [2.24, 2.45) is 0 Å². The van der Waals surface area contributed by atoms with Crippen LogP contribution < -0.4 is 9.80 Å². The van der Waals surface area contributed by atoms with E-state index in [9.17, 15) is 0 Å². The summed E-state index contributed by atoms with van der Waals surface area (Å²) in [6.07, 6.45) is 0. The van der Waals surface area contributed by atoms with Crippen molar-refractivity contribution < 1.29 is 0 Å². The Morgan fingerprint density at radius 2 is 1.08 bits per heavy atom. The molecule has 0 N–H and O–H groups in total. The van der Waals surface area contributed by atoms with Gasteiger partial charge in [-0.25, -0.2) is 0 Å². The van der Waals surface area contributed by atoms with Crippen LogP contribution in [0.25, 0.3) is 0 Å². The van der Waals surface area contributed by atoms with Crippen molar-refractivity contribution in [3.05, 3.63) is 57.6 Å². The Hall–Kier alpha value is -1.96. The summed E-state index contributed by atoms with van der Waals surface area (Å²) in [6, 6.07) is 9.23. The number of aryl methyl sites for hydroxylation is 6. The van der Waals surface area contributed by atoms with E-state index in [2.05, 4.69) is 89.5 Å². The van der Waals surface area contributed by atoms with E-state index in [0.29, 0.717) is 0 Å². The average molecular weight is 337 g/mol. The molecule has 2 aromatic rings. The third-order valence-corrected chi connectivity index (χ3v) is 5.48. The molecule has 1 aliphatic heterocycles. The van der Waals surface area contributed by atoms with Crippen molar-refractivity contribution in [2.45, 2.75) is 60.9 Å². The van der Waals surface area contributed by atoms with Gasteiger partial charge >= 0.3 is 0 Å². The molecular formula is C23H32N2. The van der Waals surface area contributed by atoms with Crippen molar-refractivity contribution in [3.8, 4) is 0 Å². The fraction of sp³-hybridized carbons (Fsp3) is 0.478. The summed E-state index contributed by atoms with van der Waals surface area (Å²) in [5.74, 6) is 0. The van der Waals surface area contributed by atoms with E-state index in [0.717, 1.165) is 13.2 Å². The molecule has 1 saturated heterocycles. The summed E-state index contributed by atoms with van der Waals surface area (Å²) in [5, 5.41) is 0. The molecule has 1 aliphatic rings. The first-order chi connectivity index (χ1) is 11.6. The lowest BCUT2D eigenvalue weighted by atomic mass is 9.98. The minimum Gasteiger partial charge on any atom is -0.351 e. The van der Waals surface area contributed by atoms with Gasteiger partial charge in [0.25, 0.3) is 0 Å². The molecule has 0 aromatic heterocycles. The van der Waals surface area contributed by atoms with Crippen LogP contribution in [0.5, 0.6) is 0 Å². The van der Waals surface area contributed by atoms with E-state index in [4.69, 9.17) is 0 Å². The SMILES string of the molecule is Cc1cc(C)c(N2CN(c3c(C)cc(C)cc3C)C(C)(C)C2)c(C)c1. The maximum absolute atomic E-state index is 2.59. The maximum atomic E-state index is 2.59. The highest BCUT2D eigenvalue weighted by Crippen LogP contribution is 2.39. The van der Waals surface area contributed by atoms with Gasteiger partial charge in [0.2, 0.25) is 0 Å². The molecule has 0 amide bonds. The average Bonchev–Trinajstić information content (AvgIpc) is 2.72. The Bertz CT molecular complexity index is 771. The Morgan fingerprint density at radius 3 is 1.52 bits per heavy atom. The molecule has 2 heteroatoms. The lowest BCUT2D eigenvalue weighted by molar-refractivity contribution is 0.551. The summed E-state index contributed by atoms with van der Waals surface area (Å²) < 4.78 is 0. The van der Waals surface area contributed by atoms with Gasteiger partial charge in [0.1, 0.15) is 0 Å². The molecule has 0 aliphatic carbocycles. The third kappa shape index (κ3) is 3.15. The molecule has 1 fully saturated rings. The van der Waals surface area contributed by atoms with Gasteiger partial charge < -0.3 is 9.80 Å². The highest BCUT2D eigenvalue weighted by molar-refractivity contribution is 5.68. The molecule has 2 nitrogen and oxygen atoms in total. The summed E-state index contributed by atoms with van der Waals surface area (Å²) >= 11 is 0. The molecule has 134 valence electrons. The largest absolute Gasteiger partial charge is 0.351 e. The number of nitrogens with zero attached hydrogens (tertiary/aromatic N) is 2. The van der Waals surface area contributed by atoms with E-state index in [-0.39, 0.29) is 5.54 Å². The van der Waals surface area contributed by atoms with Gasteiger partial charge in [-0.05, 0) is 77.6 Å². The molecule has 1 heterocycles. The second-order valence-electron chi connectivity index (χ2n) is 8.57. The number of anilines is 2. The first-order valence-corrected chi connectivity index (χ1v) is 9.28. The number of hydrogen-bond acceptors (Lipinski definition) is 2. The Kier molecular flexibility index (Phi) is 4.35. The second kappa shape index (κ2) is 6.09. The van der Waals surface area contributed by atoms with Gasteiger partial charge in [0.05, 0.1) is 12.2 Å². The smallest absolute Gasteiger partial charge is 0.0910 e. The number of hydrogen-bond donors (Lipinski definition) is 0. The zero-order valence-electron chi connectivity index (χ0n) is 17.1. The van der Waals surface area contributed by atoms with E-state index < -0.39 is 0 Å². The van der Waals surface area contributed by atoms with Gasteiger partial charge in [-0.1, -0.05) is 35.4 Å². The van der Waals surface area contributed by atoms with Crippen LogP contribution in [-0.4, -0.2) is 18.8 Å². The van der Waals surface area contributed by atoms with Crippen LogP contribution >= 0.6 is 0 Å². The lowest BCUT2D eigenvalue weighted by Gasteiger charge is -2.34. The van der Waals surface area contributed by atoms with Gasteiger partial charge in [0, 0.05) is 17.9 Å². The summed E-state index contributed by atoms with van der Waals surface area (Å²) in [5.41, 5.74) is 11.1. The quantitative estimate of drug-likeness (QED) is 0.704. The second-order valence-corrected chi connectivity index (χ2v) is 8.57. The van der Waals surface area contributed by atoms with Crippen LogP contribution in [0.15, 0.2) is 24.3 Å². The molecule has 3 rings (SSSR count). The Balaban J connectivity index is 2.04. The fourth-order valence-electron chi connectivity index (χ4n) is 4.76. The molecule has 0 bridgehead atoms. The molecule has 25 heavy (non-hydrogen) atoms. The Morgan fingerprint density at radius 1 is 0.680 bits per heavy atom. The van der Waals surface area contributed by atoms with Crippen molar-refractivity contribution >= 4 is 11.4 Å². The predicted octanol–water partition coefficient (Wildman–Crippen LogP) is 5.60. The Labute approximate surface area is 153 Å². The van der Waals surface area contributed by atoms with E-state index in [1.54, 1.807) is 0 Å². The monoisotopic (exact) mass is 336 g/mol. The number of benzene rings is 2. The topological polar surface area (TPSA) is 6.48 Å². The normalized spacial score (nSPS) is 16.6. The van der Waals surface area contributed by atoms with Crippen LogP contribution in [0.2, 0.25) is 0 Å². The van der Waals surface area contributed by atoms with E-state index in [1.165, 1.54) is 44.8 Å². The molecule has 0 atom stereocenters. The first kappa shape index (κ1) is 17.8. The van der Waals surface area contributed by atoms with Crippen LogP contribution in [0.3, 0.4) is 0 Å². The van der Waals surface area contributed by atoms with Crippen molar-refractivity contribution in [2.75, 3.05) is 23.0 Å². The molecular weight excluding hydrogens is 304 g/mol. The highest BCUT2D eigenvalue weighted by Gasteiger charge is 2.39. The minimum atomic E-state index is 0.106. The van der Waals surface area contributed by atoms with Crippen molar-refractivity contribution in [3.63, 3.8) is 0 Å².